The molecule has 0 atom stereocenters. The van der Waals surface area contributed by atoms with E-state index in [9.17, 15) is 9.90 Å². The van der Waals surface area contributed by atoms with Crippen LogP contribution in [0, 0.1) is 0 Å². The zero-order valence-electron chi connectivity index (χ0n) is 18.1. The van der Waals surface area contributed by atoms with Crippen molar-refractivity contribution in [2.75, 3.05) is 17.2 Å². The fourth-order valence-electron chi connectivity index (χ4n) is 4.21. The Labute approximate surface area is 191 Å². The maximum absolute atomic E-state index is 12.8. The van der Waals surface area contributed by atoms with Crippen molar-refractivity contribution in [3.8, 4) is 11.3 Å². The standard InChI is InChI=1S/C25H24N6O2/c1-2-20(33)30(19-9-4-3-5-10-19)15-25(11-12-25)31-24-21(23(26)27-16-28-24)22(29-31)18-8-6-7-17(13-18)14-32/h2-10,13,16,32H,1,11-12,14-15H2,(H2,26,27,28). The predicted octanol–water partition coefficient (Wildman–Crippen LogP) is 3.28. The van der Waals surface area contributed by atoms with Crippen LogP contribution in [-0.2, 0) is 16.9 Å². The third kappa shape index (κ3) is 3.64. The topological polar surface area (TPSA) is 110 Å². The Bertz CT molecular complexity index is 1340. The Hall–Kier alpha value is -4.04. The first-order valence-corrected chi connectivity index (χ1v) is 10.8. The van der Waals surface area contributed by atoms with Gasteiger partial charge in [0.1, 0.15) is 17.8 Å². The fraction of sp³-hybridized carbons (Fsp3) is 0.200. The third-order valence-electron chi connectivity index (χ3n) is 6.11. The highest BCUT2D eigenvalue weighted by Crippen LogP contribution is 2.47. The first-order chi connectivity index (χ1) is 16.1. The van der Waals surface area contributed by atoms with E-state index in [4.69, 9.17) is 10.8 Å². The van der Waals surface area contributed by atoms with Crippen LogP contribution < -0.4 is 10.6 Å². The van der Waals surface area contributed by atoms with Crippen molar-refractivity contribution < 1.29 is 9.90 Å². The molecular formula is C25H24N6O2. The number of para-hydroxylation sites is 1. The highest BCUT2D eigenvalue weighted by atomic mass is 16.3. The molecule has 0 bridgehead atoms. The number of amides is 1. The lowest BCUT2D eigenvalue weighted by atomic mass is 10.1. The van der Waals surface area contributed by atoms with Gasteiger partial charge in [0.15, 0.2) is 5.65 Å². The van der Waals surface area contributed by atoms with Gasteiger partial charge in [-0.15, -0.1) is 0 Å². The van der Waals surface area contributed by atoms with Gasteiger partial charge >= 0.3 is 0 Å². The van der Waals surface area contributed by atoms with Crippen LogP contribution in [0.25, 0.3) is 22.3 Å². The quantitative estimate of drug-likeness (QED) is 0.427. The van der Waals surface area contributed by atoms with Crippen LogP contribution in [0.2, 0.25) is 0 Å². The van der Waals surface area contributed by atoms with Gasteiger partial charge in [-0.25, -0.2) is 14.6 Å². The molecule has 166 valence electrons. The number of aromatic nitrogens is 4. The molecule has 0 radical (unpaired) electrons. The maximum Gasteiger partial charge on any atom is 0.250 e. The number of hydrogen-bond donors (Lipinski definition) is 2. The minimum absolute atomic E-state index is 0.0713. The number of nitrogens with two attached hydrogens (primary N) is 1. The number of anilines is 2. The number of fused-ring (bicyclic) bond motifs is 1. The van der Waals surface area contributed by atoms with E-state index < -0.39 is 5.54 Å². The van der Waals surface area contributed by atoms with Gasteiger partial charge in [-0.1, -0.05) is 43.0 Å². The number of hydrogen-bond acceptors (Lipinski definition) is 6. The van der Waals surface area contributed by atoms with Gasteiger partial charge in [-0.05, 0) is 42.7 Å². The minimum atomic E-state index is -0.416. The lowest BCUT2D eigenvalue weighted by Crippen LogP contribution is -2.39. The summed E-state index contributed by atoms with van der Waals surface area (Å²) in [6, 6.07) is 17.1. The van der Waals surface area contributed by atoms with Crippen LogP contribution in [-0.4, -0.2) is 37.3 Å². The van der Waals surface area contributed by atoms with Crippen LogP contribution in [0.4, 0.5) is 11.5 Å². The van der Waals surface area contributed by atoms with Crippen molar-refractivity contribution in [2.45, 2.75) is 25.0 Å². The summed E-state index contributed by atoms with van der Waals surface area (Å²) in [5.74, 6) is 0.169. The number of rotatable bonds is 7. The van der Waals surface area contributed by atoms with Gasteiger partial charge < -0.3 is 15.7 Å². The predicted molar refractivity (Wildman–Crippen MR) is 127 cm³/mol. The normalized spacial score (nSPS) is 14.2. The van der Waals surface area contributed by atoms with Crippen molar-refractivity contribution in [1.29, 1.82) is 0 Å². The average molecular weight is 441 g/mol. The molecule has 8 heteroatoms. The number of carbonyl (C=O) groups is 1. The monoisotopic (exact) mass is 440 g/mol. The smallest absolute Gasteiger partial charge is 0.250 e. The Kier molecular flexibility index (Phi) is 5.14. The largest absolute Gasteiger partial charge is 0.392 e. The molecule has 2 aromatic carbocycles. The summed E-state index contributed by atoms with van der Waals surface area (Å²) >= 11 is 0. The molecule has 0 saturated heterocycles. The average Bonchev–Trinajstić information content (AvgIpc) is 3.53. The van der Waals surface area contributed by atoms with Crippen molar-refractivity contribution in [1.82, 2.24) is 19.7 Å². The van der Waals surface area contributed by atoms with Crippen molar-refractivity contribution in [3.63, 3.8) is 0 Å². The van der Waals surface area contributed by atoms with E-state index in [0.717, 1.165) is 29.7 Å². The number of aliphatic hydroxyl groups excluding tert-OH is 1. The van der Waals surface area contributed by atoms with E-state index >= 15 is 0 Å². The molecule has 1 fully saturated rings. The molecule has 1 amide bonds. The number of aliphatic hydroxyl groups is 1. The van der Waals surface area contributed by atoms with E-state index in [0.29, 0.717) is 29.1 Å². The van der Waals surface area contributed by atoms with E-state index in [1.807, 2.05) is 59.3 Å². The number of carbonyl (C=O) groups excluding carboxylic acids is 1. The summed E-state index contributed by atoms with van der Waals surface area (Å²) in [4.78, 5) is 23.2. The molecular weight excluding hydrogens is 416 g/mol. The van der Waals surface area contributed by atoms with Crippen LogP contribution in [0.1, 0.15) is 18.4 Å². The van der Waals surface area contributed by atoms with E-state index in [1.54, 1.807) is 4.90 Å². The van der Waals surface area contributed by atoms with Crippen molar-refractivity contribution >= 4 is 28.4 Å². The van der Waals surface area contributed by atoms with Crippen molar-refractivity contribution in [3.05, 3.63) is 79.1 Å². The van der Waals surface area contributed by atoms with E-state index in [2.05, 4.69) is 16.5 Å². The summed E-state index contributed by atoms with van der Waals surface area (Å²) in [6.45, 7) is 4.04. The zero-order valence-corrected chi connectivity index (χ0v) is 18.1. The van der Waals surface area contributed by atoms with Gasteiger partial charge in [0, 0.05) is 11.3 Å². The lowest BCUT2D eigenvalue weighted by molar-refractivity contribution is -0.114. The molecule has 4 aromatic rings. The van der Waals surface area contributed by atoms with Crippen LogP contribution in [0.15, 0.2) is 73.6 Å². The van der Waals surface area contributed by atoms with Gasteiger partial charge in [-0.3, -0.25) is 4.79 Å². The molecule has 2 aromatic heterocycles. The molecule has 5 rings (SSSR count). The highest BCUT2D eigenvalue weighted by Gasteiger charge is 2.49. The van der Waals surface area contributed by atoms with Gasteiger partial charge in [0.2, 0.25) is 5.91 Å². The van der Waals surface area contributed by atoms with Crippen molar-refractivity contribution in [2.24, 2.45) is 0 Å². The van der Waals surface area contributed by atoms with Crippen LogP contribution >= 0.6 is 0 Å². The molecule has 1 saturated carbocycles. The molecule has 8 nitrogen and oxygen atoms in total. The summed E-state index contributed by atoms with van der Waals surface area (Å²) in [6.07, 6.45) is 4.45. The summed E-state index contributed by atoms with van der Waals surface area (Å²) in [5.41, 5.74) is 9.54. The summed E-state index contributed by atoms with van der Waals surface area (Å²) < 4.78 is 1.90. The second kappa shape index (κ2) is 8.14. The van der Waals surface area contributed by atoms with Crippen LogP contribution in [0.3, 0.4) is 0 Å². The third-order valence-corrected chi connectivity index (χ3v) is 6.11. The molecule has 0 unspecified atom stereocenters. The molecule has 2 heterocycles. The Balaban J connectivity index is 1.63. The van der Waals surface area contributed by atoms with Crippen LogP contribution in [0.5, 0.6) is 0 Å². The van der Waals surface area contributed by atoms with E-state index in [-0.39, 0.29) is 12.5 Å². The summed E-state index contributed by atoms with van der Waals surface area (Å²) in [7, 11) is 0. The molecule has 1 aliphatic rings. The number of nitrogen functional groups attached to an aromatic ring is 1. The molecule has 3 N–H and O–H groups in total. The molecule has 1 aliphatic carbocycles. The minimum Gasteiger partial charge on any atom is -0.392 e. The first kappa shape index (κ1) is 20.8. The Morgan fingerprint density at radius 3 is 2.67 bits per heavy atom. The number of benzene rings is 2. The second-order valence-corrected chi connectivity index (χ2v) is 8.26. The molecule has 33 heavy (non-hydrogen) atoms. The fourth-order valence-corrected chi connectivity index (χ4v) is 4.21. The Morgan fingerprint density at radius 1 is 1.18 bits per heavy atom. The summed E-state index contributed by atoms with van der Waals surface area (Å²) in [5, 5.41) is 15.2. The maximum atomic E-state index is 12.8. The number of nitrogens with zero attached hydrogens (tertiary/aromatic N) is 5. The first-order valence-electron chi connectivity index (χ1n) is 10.8. The Morgan fingerprint density at radius 2 is 1.97 bits per heavy atom. The van der Waals surface area contributed by atoms with Gasteiger partial charge in [-0.2, -0.15) is 5.10 Å². The zero-order chi connectivity index (χ0) is 23.0. The lowest BCUT2D eigenvalue weighted by Gasteiger charge is -2.27. The van der Waals surface area contributed by atoms with E-state index in [1.165, 1.54) is 12.4 Å². The highest BCUT2D eigenvalue weighted by molar-refractivity contribution is 6.01. The van der Waals surface area contributed by atoms with Gasteiger partial charge in [0.25, 0.3) is 0 Å². The SMILES string of the molecule is C=CC(=O)N(CC1(n2nc(-c3cccc(CO)c3)c3c(N)ncnc32)CC1)c1ccccc1. The molecule has 0 aliphatic heterocycles. The molecule has 0 spiro atoms. The van der Waals surface area contributed by atoms with Gasteiger partial charge in [0.05, 0.1) is 24.1 Å². The second-order valence-electron chi connectivity index (χ2n) is 8.26.